The Kier molecular flexibility index (Phi) is 6.94. The van der Waals surface area contributed by atoms with Gasteiger partial charge in [-0.3, -0.25) is 0 Å². The molecule has 4 nitrogen and oxygen atoms in total. The first-order valence-corrected chi connectivity index (χ1v) is 22.4. The molecule has 0 saturated heterocycles. The zero-order chi connectivity index (χ0) is 42.6. The molecule has 3 heterocycles. The normalized spacial score (nSPS) is 14.9. The molecule has 14 rings (SSSR count). The topological polar surface area (TPSA) is 22.3 Å². The highest BCUT2D eigenvalue weighted by Crippen LogP contribution is 2.60. The van der Waals surface area contributed by atoms with Crippen molar-refractivity contribution in [3.8, 4) is 45.1 Å². The molecule has 2 aromatic heterocycles. The third-order valence-electron chi connectivity index (χ3n) is 14.9. The van der Waals surface area contributed by atoms with Crippen LogP contribution < -0.4 is 9.64 Å². The number of hydrogen-bond acceptors (Lipinski definition) is 2. The molecule has 11 aromatic rings. The number of ether oxygens (including phenoxy) is 1. The van der Waals surface area contributed by atoms with Crippen LogP contribution >= 0.6 is 0 Å². The van der Waals surface area contributed by atoms with Crippen molar-refractivity contribution in [1.29, 1.82) is 0 Å². The van der Waals surface area contributed by atoms with E-state index in [4.69, 9.17) is 4.74 Å². The second-order valence-electron chi connectivity index (χ2n) is 19.0. The highest BCUT2D eigenvalue weighted by atomic mass is 16.5. The number of nitrogens with zero attached hydrogens (tertiary/aromatic N) is 3. The smallest absolute Gasteiger partial charge is 0.151 e. The van der Waals surface area contributed by atoms with Gasteiger partial charge in [0, 0.05) is 49.4 Å². The van der Waals surface area contributed by atoms with Gasteiger partial charge in [-0.25, -0.2) is 0 Å². The van der Waals surface area contributed by atoms with Crippen molar-refractivity contribution >= 4 is 60.7 Å². The van der Waals surface area contributed by atoms with Crippen molar-refractivity contribution in [2.24, 2.45) is 0 Å². The van der Waals surface area contributed by atoms with Crippen molar-refractivity contribution in [2.75, 3.05) is 4.90 Å². The fourth-order valence-electron chi connectivity index (χ4n) is 11.8. The van der Waals surface area contributed by atoms with E-state index in [-0.39, 0.29) is 10.8 Å². The van der Waals surface area contributed by atoms with Crippen LogP contribution in [0.4, 0.5) is 17.1 Å². The Morgan fingerprint density at radius 2 is 0.688 bits per heavy atom. The molecular weight excluding hydrogens is 779 g/mol. The largest absolute Gasteiger partial charge is 0.453 e. The molecule has 0 atom stereocenters. The molecule has 0 spiro atoms. The van der Waals surface area contributed by atoms with Crippen LogP contribution in [0.1, 0.15) is 49.9 Å². The van der Waals surface area contributed by atoms with Gasteiger partial charge in [0.2, 0.25) is 0 Å². The fourth-order valence-corrected chi connectivity index (χ4v) is 11.8. The highest BCUT2D eigenvalue weighted by Gasteiger charge is 2.42. The standard InChI is InChI=1S/C60H43N3O/c1-59(2)47-30-37(62-51-22-12-8-18-41(51)42-19-9-13-23-52(42)62)26-28-39(47)45-32-55-57(34-49(45)59)64-58-35-50-46(33-56(58)61(55)36-16-6-5-7-17-36)40-29-27-38(31-48(40)60(50,3)4)63-53-24-14-10-20-43(53)44-21-11-15-25-54(44)63/h5-35H,1-4H3. The van der Waals surface area contributed by atoms with Crippen LogP contribution in [0.2, 0.25) is 0 Å². The molecule has 0 N–H and O–H groups in total. The minimum atomic E-state index is -0.259. The lowest BCUT2D eigenvalue weighted by Crippen LogP contribution is -2.20. The Bertz CT molecular complexity index is 3490. The summed E-state index contributed by atoms with van der Waals surface area (Å²) in [6.07, 6.45) is 0. The molecule has 2 aliphatic carbocycles. The Balaban J connectivity index is 0.921. The van der Waals surface area contributed by atoms with Gasteiger partial charge in [0.05, 0.1) is 33.4 Å². The lowest BCUT2D eigenvalue weighted by atomic mass is 9.81. The minimum Gasteiger partial charge on any atom is -0.453 e. The van der Waals surface area contributed by atoms with E-state index >= 15 is 0 Å². The molecule has 3 aliphatic rings. The summed E-state index contributed by atoms with van der Waals surface area (Å²) in [5.74, 6) is 1.75. The van der Waals surface area contributed by atoms with E-state index in [0.717, 1.165) is 28.6 Å². The third kappa shape index (κ3) is 4.62. The predicted octanol–water partition coefficient (Wildman–Crippen LogP) is 16.1. The van der Waals surface area contributed by atoms with Gasteiger partial charge in [0.1, 0.15) is 0 Å². The Morgan fingerprint density at radius 1 is 0.328 bits per heavy atom. The molecule has 64 heavy (non-hydrogen) atoms. The van der Waals surface area contributed by atoms with E-state index in [0.29, 0.717) is 0 Å². The minimum absolute atomic E-state index is 0.259. The van der Waals surface area contributed by atoms with Crippen molar-refractivity contribution in [3.63, 3.8) is 0 Å². The average Bonchev–Trinajstić information content (AvgIpc) is 3.98. The number of hydrogen-bond donors (Lipinski definition) is 0. The zero-order valence-electron chi connectivity index (χ0n) is 36.1. The quantitative estimate of drug-likeness (QED) is 0.177. The maximum absolute atomic E-state index is 7.17. The zero-order valence-corrected chi connectivity index (χ0v) is 36.1. The first-order chi connectivity index (χ1) is 31.3. The number of anilines is 3. The molecule has 1 aliphatic heterocycles. The number of aromatic nitrogens is 2. The average molecular weight is 822 g/mol. The van der Waals surface area contributed by atoms with Gasteiger partial charge in [-0.05, 0) is 129 Å². The summed E-state index contributed by atoms with van der Waals surface area (Å²) >= 11 is 0. The molecular formula is C60H43N3O. The van der Waals surface area contributed by atoms with Crippen molar-refractivity contribution in [1.82, 2.24) is 9.13 Å². The van der Waals surface area contributed by atoms with Crippen LogP contribution in [0.15, 0.2) is 188 Å². The van der Waals surface area contributed by atoms with E-state index in [1.807, 2.05) is 0 Å². The van der Waals surface area contributed by atoms with E-state index in [1.165, 1.54) is 99.5 Å². The fraction of sp³-hybridized carbons (Fsp3) is 0.100. The van der Waals surface area contributed by atoms with E-state index < -0.39 is 0 Å². The van der Waals surface area contributed by atoms with Gasteiger partial charge >= 0.3 is 0 Å². The summed E-state index contributed by atoms with van der Waals surface area (Å²) in [5, 5.41) is 5.09. The lowest BCUT2D eigenvalue weighted by Gasteiger charge is -2.35. The third-order valence-corrected chi connectivity index (χ3v) is 14.9. The Labute approximate surface area is 371 Å². The molecule has 0 amide bonds. The maximum Gasteiger partial charge on any atom is 0.151 e. The van der Waals surface area contributed by atoms with Gasteiger partial charge in [0.25, 0.3) is 0 Å². The Hall–Kier alpha value is -7.82. The molecule has 4 heteroatoms. The van der Waals surface area contributed by atoms with E-state index in [1.54, 1.807) is 0 Å². The van der Waals surface area contributed by atoms with Crippen LogP contribution in [-0.2, 0) is 10.8 Å². The number of fused-ring (bicyclic) bond motifs is 14. The summed E-state index contributed by atoms with van der Waals surface area (Å²) in [6, 6.07) is 69.4. The van der Waals surface area contributed by atoms with Crippen molar-refractivity contribution in [3.05, 3.63) is 210 Å². The molecule has 9 aromatic carbocycles. The van der Waals surface area contributed by atoms with Crippen molar-refractivity contribution < 1.29 is 4.74 Å². The highest BCUT2D eigenvalue weighted by molar-refractivity contribution is 6.10. The summed E-state index contributed by atoms with van der Waals surface area (Å²) in [7, 11) is 0. The van der Waals surface area contributed by atoms with Crippen LogP contribution in [-0.4, -0.2) is 9.13 Å². The van der Waals surface area contributed by atoms with Gasteiger partial charge in [-0.2, -0.15) is 0 Å². The van der Waals surface area contributed by atoms with Gasteiger partial charge in [-0.1, -0.05) is 131 Å². The van der Waals surface area contributed by atoms with Crippen LogP contribution in [0.25, 0.3) is 77.2 Å². The SMILES string of the molecule is CC1(C)c2cc(-n3c4ccccc4c4ccccc43)ccc2-c2cc3c(cc21)Oc1cc2c(cc1N3c1ccccc1)-c1ccc(-n3c4ccccc4c4ccccc43)cc1C2(C)C. The monoisotopic (exact) mass is 821 g/mol. The second-order valence-corrected chi connectivity index (χ2v) is 19.0. The van der Waals surface area contributed by atoms with Gasteiger partial charge in [0.15, 0.2) is 11.5 Å². The number of benzene rings is 9. The number of para-hydroxylation sites is 5. The lowest BCUT2D eigenvalue weighted by molar-refractivity contribution is 0.473. The van der Waals surface area contributed by atoms with Gasteiger partial charge in [-0.15, -0.1) is 0 Å². The molecule has 0 bridgehead atoms. The maximum atomic E-state index is 7.17. The van der Waals surface area contributed by atoms with E-state index in [9.17, 15) is 0 Å². The van der Waals surface area contributed by atoms with Crippen LogP contribution in [0.5, 0.6) is 11.5 Å². The first-order valence-electron chi connectivity index (χ1n) is 22.4. The Morgan fingerprint density at radius 3 is 1.09 bits per heavy atom. The molecule has 304 valence electrons. The molecule has 0 unspecified atom stereocenters. The summed E-state index contributed by atoms with van der Waals surface area (Å²) in [4.78, 5) is 2.42. The number of rotatable bonds is 3. The molecule has 0 saturated carbocycles. The molecule has 0 radical (unpaired) electrons. The summed E-state index contributed by atoms with van der Waals surface area (Å²) in [5.41, 5.74) is 20.2. The summed E-state index contributed by atoms with van der Waals surface area (Å²) in [6.45, 7) is 9.47. The van der Waals surface area contributed by atoms with Crippen LogP contribution in [0, 0.1) is 0 Å². The van der Waals surface area contributed by atoms with E-state index in [2.05, 4.69) is 230 Å². The molecule has 0 fully saturated rings. The second kappa shape index (κ2) is 12.4. The summed E-state index contributed by atoms with van der Waals surface area (Å²) < 4.78 is 12.0. The van der Waals surface area contributed by atoms with Crippen LogP contribution in [0.3, 0.4) is 0 Å². The first kappa shape index (κ1) is 35.7. The van der Waals surface area contributed by atoms with Crippen molar-refractivity contribution in [2.45, 2.75) is 38.5 Å². The van der Waals surface area contributed by atoms with Gasteiger partial charge < -0.3 is 18.8 Å². The predicted molar refractivity (Wildman–Crippen MR) is 265 cm³/mol.